The molecule has 0 saturated carbocycles. The van der Waals surface area contributed by atoms with E-state index in [1.807, 2.05) is 0 Å². The minimum Gasteiger partial charge on any atom is -0.459 e. The molecule has 478 valence electrons. The molecule has 6 heterocycles. The van der Waals surface area contributed by atoms with Crippen LogP contribution >= 0.6 is 23.5 Å². The van der Waals surface area contributed by atoms with Crippen molar-refractivity contribution < 1.29 is 83.7 Å². The third-order valence-corrected chi connectivity index (χ3v) is 24.3. The van der Waals surface area contributed by atoms with Gasteiger partial charge in [-0.2, -0.15) is 0 Å². The topological polar surface area (TPSA) is 295 Å². The van der Waals surface area contributed by atoms with Crippen LogP contribution in [0.15, 0.2) is 119 Å². The van der Waals surface area contributed by atoms with Crippen LogP contribution in [0.4, 0.5) is 11.4 Å². The summed E-state index contributed by atoms with van der Waals surface area (Å²) in [6.07, 6.45) is -6.48. The lowest BCUT2D eigenvalue weighted by atomic mass is 9.54. The minimum atomic E-state index is -5.23. The third kappa shape index (κ3) is 9.09. The number of likely N-dealkylation sites (N-methyl/N-ethyl adjacent to an activating group) is 2. The highest BCUT2D eigenvalue weighted by atomic mass is 32.2. The summed E-state index contributed by atoms with van der Waals surface area (Å²) in [5, 5.41) is -1.49. The number of piperazine rings is 2. The number of amides is 4. The summed E-state index contributed by atoms with van der Waals surface area (Å²) in [5.41, 5.74) is -11.7. The maximum absolute atomic E-state index is 17.2. The number of hydrogen-bond donors (Lipinski definition) is 0. The van der Waals surface area contributed by atoms with E-state index in [0.29, 0.717) is 23.5 Å². The summed E-state index contributed by atoms with van der Waals surface area (Å²) >= 11 is 0.673. The van der Waals surface area contributed by atoms with Crippen LogP contribution in [-0.2, 0) is 97.8 Å². The predicted molar refractivity (Wildman–Crippen MR) is 325 cm³/mol. The predicted octanol–water partition coefficient (Wildman–Crippen LogP) is 5.48. The quantitative estimate of drug-likeness (QED) is 0.0933. The number of thioether (sulfide) groups is 2. The first-order valence-corrected chi connectivity index (χ1v) is 33.5. The number of nitrogens with zero attached hydrogens (tertiary/aromatic N) is 6. The van der Waals surface area contributed by atoms with Gasteiger partial charge in [0, 0.05) is 52.6 Å². The molecule has 4 amide bonds. The Balaban J connectivity index is 1.46. The van der Waals surface area contributed by atoms with Crippen LogP contribution in [0, 0.1) is 23.7 Å². The van der Waals surface area contributed by atoms with E-state index in [1.54, 1.807) is 12.1 Å². The Morgan fingerprint density at radius 3 is 1.09 bits per heavy atom. The van der Waals surface area contributed by atoms with Gasteiger partial charge in [-0.05, 0) is 71.0 Å². The Labute approximate surface area is 529 Å². The Kier molecular flexibility index (Phi) is 16.3. The van der Waals surface area contributed by atoms with Gasteiger partial charge in [-0.15, -0.1) is 0 Å². The molecule has 6 aliphatic rings. The summed E-state index contributed by atoms with van der Waals surface area (Å²) in [5.74, 6) is -13.5. The monoisotopic (exact) mass is 1310 g/mol. The molecule has 4 fully saturated rings. The molecule has 0 spiro atoms. The lowest BCUT2D eigenvalue weighted by Gasteiger charge is -2.54. The van der Waals surface area contributed by atoms with Crippen molar-refractivity contribution in [3.05, 3.63) is 120 Å². The molecule has 10 rings (SSSR count). The maximum Gasteiger partial charge on any atom is 0.311 e. The second-order valence-corrected chi connectivity index (χ2v) is 30.6. The van der Waals surface area contributed by atoms with Crippen LogP contribution in [-0.4, -0.2) is 155 Å². The van der Waals surface area contributed by atoms with Gasteiger partial charge in [0.25, 0.3) is 43.7 Å². The Bertz CT molecular complexity index is 3710. The van der Waals surface area contributed by atoms with Gasteiger partial charge < -0.3 is 18.9 Å². The number of anilines is 2. The lowest BCUT2D eigenvalue weighted by molar-refractivity contribution is -0.224. The molecule has 4 saturated heterocycles. The number of sulfonamides is 2. The van der Waals surface area contributed by atoms with Crippen molar-refractivity contribution in [2.24, 2.45) is 23.7 Å². The lowest BCUT2D eigenvalue weighted by Crippen LogP contribution is -2.78. The van der Waals surface area contributed by atoms with E-state index in [9.17, 15) is 19.2 Å². The molecule has 0 unspecified atom stereocenters. The van der Waals surface area contributed by atoms with Crippen molar-refractivity contribution in [3.63, 3.8) is 0 Å². The van der Waals surface area contributed by atoms with Gasteiger partial charge in [0.05, 0.1) is 43.8 Å². The third-order valence-electron chi connectivity index (χ3n) is 17.6. The van der Waals surface area contributed by atoms with E-state index >= 15 is 45.6 Å². The largest absolute Gasteiger partial charge is 0.459 e. The molecular weight excluding hydrogens is 1240 g/mol. The van der Waals surface area contributed by atoms with Gasteiger partial charge >= 0.3 is 35.3 Å². The van der Waals surface area contributed by atoms with E-state index in [1.165, 1.54) is 152 Å². The second kappa shape index (κ2) is 22.5. The maximum atomic E-state index is 17.2. The number of hydrogen-bond acceptors (Lipinski definition) is 20. The first-order chi connectivity index (χ1) is 42.2. The molecule has 8 atom stereocenters. The number of para-hydroxylation sites is 2. The highest BCUT2D eigenvalue weighted by Crippen LogP contribution is 2.77. The fraction of sp³-hybridized carbons (Fsp3) is 0.452. The summed E-state index contributed by atoms with van der Waals surface area (Å²) < 4.78 is 91.6. The number of benzene rings is 4. The number of esters is 4. The van der Waals surface area contributed by atoms with E-state index in [0.717, 1.165) is 56.2 Å². The van der Waals surface area contributed by atoms with E-state index in [4.69, 9.17) is 18.9 Å². The van der Waals surface area contributed by atoms with Gasteiger partial charge in [0.1, 0.15) is 12.3 Å². The van der Waals surface area contributed by atoms with E-state index in [-0.39, 0.29) is 22.5 Å². The van der Waals surface area contributed by atoms with Crippen molar-refractivity contribution in [2.75, 3.05) is 35.9 Å². The minimum absolute atomic E-state index is 0.0616. The zero-order valence-electron chi connectivity index (χ0n) is 51.3. The van der Waals surface area contributed by atoms with Gasteiger partial charge in [-0.1, -0.05) is 128 Å². The number of fused-ring (bicyclic) bond motifs is 11. The Morgan fingerprint density at radius 1 is 0.478 bits per heavy atom. The van der Waals surface area contributed by atoms with Crippen LogP contribution in [0.5, 0.6) is 0 Å². The van der Waals surface area contributed by atoms with Crippen molar-refractivity contribution in [2.45, 2.75) is 136 Å². The highest BCUT2D eigenvalue weighted by molar-refractivity contribution is 8.15. The van der Waals surface area contributed by atoms with Crippen molar-refractivity contribution in [3.8, 4) is 0 Å². The standard InChI is InChI=1S/C62H68N6O18S4/c1-35(2)47(71)85-59(33-83-39(9)69)53(75)65-51-57(31-61(65,55(77)63(59)11)87-49(73)37(5)6,43-27-19-21-29-45(43)67(51)89(79,80)41-23-15-13-16-24-41)58-32-62(88-50(74)38(7)8)56(78)64(12)60(34-84-40(10)70,86-48(72)36(3)4)54(76)66(62)52(58)68(46-30-22-20-28-44(46)58)90(81,82)42-25-17-14-18-26-42/h13-30,35-38,51-52H,31-34H2,1-12H3/t51-,52-,57+,58+,59-,60-,61+,62+/m1/s1. The molecule has 4 aromatic carbocycles. The zero-order chi connectivity index (χ0) is 66.0. The molecule has 90 heavy (non-hydrogen) atoms. The highest BCUT2D eigenvalue weighted by Gasteiger charge is 2.89. The number of ether oxygens (including phenoxy) is 4. The van der Waals surface area contributed by atoms with E-state index in [2.05, 4.69) is 0 Å². The summed E-state index contributed by atoms with van der Waals surface area (Å²) in [7, 11) is -8.29. The molecule has 6 aliphatic heterocycles. The molecular formula is C62H68N6O18S4. The number of rotatable bonds is 17. The molecule has 0 bridgehead atoms. The Morgan fingerprint density at radius 2 is 0.789 bits per heavy atom. The normalized spacial score (nSPS) is 27.6. The van der Waals surface area contributed by atoms with Crippen molar-refractivity contribution in [1.29, 1.82) is 0 Å². The van der Waals surface area contributed by atoms with Gasteiger partial charge in [0.2, 0.25) is 0 Å². The molecule has 0 N–H and O–H groups in total. The molecule has 0 aliphatic carbocycles. The fourth-order valence-electron chi connectivity index (χ4n) is 13.4. The van der Waals surface area contributed by atoms with Gasteiger partial charge in [0.15, 0.2) is 33.2 Å². The van der Waals surface area contributed by atoms with Crippen LogP contribution in [0.25, 0.3) is 0 Å². The molecule has 24 nitrogen and oxygen atoms in total. The van der Waals surface area contributed by atoms with Crippen LogP contribution in [0.2, 0.25) is 0 Å². The summed E-state index contributed by atoms with van der Waals surface area (Å²) in [6, 6.07) is 25.6. The second-order valence-electron chi connectivity index (χ2n) is 24.4. The molecule has 28 heteroatoms. The number of carbonyl (C=O) groups excluding carboxylic acids is 10. The smallest absolute Gasteiger partial charge is 0.311 e. The SMILES string of the molecule is CC(=O)OC[C@@]1(OC(=O)C(C)C)C(=O)N2[C@@H]3N(S(=O)(=O)c4ccccc4)c4ccccc4[C@@]3([C@]34C[C@]5(SC(=O)C(C)C)C(=O)N(C)[C@](COC(C)=O)(OC(=O)C(C)C)C(=O)N5[C@@H]3N(S(=O)(=O)c3ccccc3)c3ccccc34)C[C@]2(SC(=O)C(C)C)C(=O)N1C. The fourth-order valence-corrected chi connectivity index (χ4v) is 19.5. The summed E-state index contributed by atoms with van der Waals surface area (Å²) in [4.78, 5) is 150. The van der Waals surface area contributed by atoms with E-state index < -0.39 is 182 Å². The first-order valence-electron chi connectivity index (χ1n) is 29.0. The first kappa shape index (κ1) is 65.1. The molecule has 0 aromatic heterocycles. The van der Waals surface area contributed by atoms with Crippen LogP contribution in [0.1, 0.15) is 93.2 Å². The van der Waals surface area contributed by atoms with Crippen molar-refractivity contribution >= 4 is 113 Å². The van der Waals surface area contributed by atoms with Crippen molar-refractivity contribution in [1.82, 2.24) is 19.6 Å². The zero-order valence-corrected chi connectivity index (χ0v) is 54.6. The molecule has 4 aromatic rings. The van der Waals surface area contributed by atoms with Gasteiger partial charge in [-0.25, -0.2) is 25.4 Å². The summed E-state index contributed by atoms with van der Waals surface area (Å²) in [6.45, 7) is 11.3. The number of carbonyl (C=O) groups is 10. The average Bonchev–Trinajstić information content (AvgIpc) is 1.45. The van der Waals surface area contributed by atoms with Crippen LogP contribution < -0.4 is 8.61 Å². The molecule has 0 radical (unpaired) electrons. The van der Waals surface area contributed by atoms with Crippen LogP contribution in [0.3, 0.4) is 0 Å². The van der Waals surface area contributed by atoms with Gasteiger partial charge in [-0.3, -0.25) is 67.5 Å². The Hall–Kier alpha value is -7.82. The average molecular weight is 1310 g/mol.